The third-order valence-corrected chi connectivity index (χ3v) is 3.65. The minimum absolute atomic E-state index is 0.0251. The molecule has 3 aromatic rings. The summed E-state index contributed by atoms with van der Waals surface area (Å²) in [5, 5.41) is 14.4. The fourth-order valence-electron chi connectivity index (χ4n) is 2.09. The van der Waals surface area contributed by atoms with Crippen molar-refractivity contribution in [3.63, 3.8) is 0 Å². The lowest BCUT2D eigenvalue weighted by Crippen LogP contribution is -2.14. The number of halogens is 2. The third-order valence-electron chi connectivity index (χ3n) is 3.36. The predicted octanol–water partition coefficient (Wildman–Crippen LogP) is 4.14. The van der Waals surface area contributed by atoms with Gasteiger partial charge in [-0.1, -0.05) is 11.6 Å². The van der Waals surface area contributed by atoms with Gasteiger partial charge < -0.3 is 10.6 Å². The summed E-state index contributed by atoms with van der Waals surface area (Å²) in [5.41, 5.74) is 1.69. The summed E-state index contributed by atoms with van der Waals surface area (Å²) >= 11 is 5.74. The molecule has 128 valence electrons. The molecular weight excluding hydrogens is 357 g/mol. The van der Waals surface area contributed by atoms with Gasteiger partial charge in [0.25, 0.3) is 5.91 Å². The van der Waals surface area contributed by atoms with Gasteiger partial charge in [-0.05, 0) is 42.5 Å². The number of nitrogens with one attached hydrogen (secondary N) is 2. The van der Waals surface area contributed by atoms with Crippen LogP contribution >= 0.6 is 11.6 Å². The SMILES string of the molecule is N#Cc1ccc(NC(=O)c2cc(Nc3ccc(F)c(Cl)c3)ncn2)cc1. The first kappa shape index (κ1) is 17.3. The molecule has 0 atom stereocenters. The van der Waals surface area contributed by atoms with E-state index in [9.17, 15) is 9.18 Å². The van der Waals surface area contributed by atoms with Crippen LogP contribution in [0.3, 0.4) is 0 Å². The first-order valence-corrected chi connectivity index (χ1v) is 7.78. The van der Waals surface area contributed by atoms with Gasteiger partial charge >= 0.3 is 0 Å². The monoisotopic (exact) mass is 367 g/mol. The molecule has 8 heteroatoms. The lowest BCUT2D eigenvalue weighted by molar-refractivity contribution is 0.102. The molecule has 0 bridgehead atoms. The van der Waals surface area contributed by atoms with Gasteiger partial charge in [0, 0.05) is 17.4 Å². The first-order chi connectivity index (χ1) is 12.5. The molecule has 0 saturated carbocycles. The van der Waals surface area contributed by atoms with E-state index in [1.165, 1.54) is 30.6 Å². The molecule has 2 N–H and O–H groups in total. The number of benzene rings is 2. The zero-order valence-corrected chi connectivity index (χ0v) is 14.0. The van der Waals surface area contributed by atoms with Gasteiger partial charge in [0.2, 0.25) is 0 Å². The predicted molar refractivity (Wildman–Crippen MR) is 95.8 cm³/mol. The normalized spacial score (nSPS) is 10.0. The van der Waals surface area contributed by atoms with Crippen LogP contribution in [0.2, 0.25) is 5.02 Å². The van der Waals surface area contributed by atoms with Crippen molar-refractivity contribution in [1.82, 2.24) is 9.97 Å². The standard InChI is InChI=1S/C18H11ClFN5O/c19-14-7-13(5-6-15(14)20)24-17-8-16(22-10-23-17)18(26)25-12-3-1-11(9-21)2-4-12/h1-8,10H,(H,25,26)(H,22,23,24). The van der Waals surface area contributed by atoms with Crippen LogP contribution in [0.4, 0.5) is 21.6 Å². The summed E-state index contributed by atoms with van der Waals surface area (Å²) in [7, 11) is 0. The summed E-state index contributed by atoms with van der Waals surface area (Å²) < 4.78 is 13.2. The average Bonchev–Trinajstić information content (AvgIpc) is 2.65. The quantitative estimate of drug-likeness (QED) is 0.723. The molecule has 1 aromatic heterocycles. The van der Waals surface area contributed by atoms with E-state index in [0.29, 0.717) is 22.8 Å². The number of hydrogen-bond donors (Lipinski definition) is 2. The largest absolute Gasteiger partial charge is 0.340 e. The summed E-state index contributed by atoms with van der Waals surface area (Å²) in [6, 6.07) is 14.0. The number of carbonyl (C=O) groups is 1. The zero-order valence-electron chi connectivity index (χ0n) is 13.2. The van der Waals surface area contributed by atoms with Crippen molar-refractivity contribution in [3.05, 3.63) is 77.0 Å². The summed E-state index contributed by atoms with van der Waals surface area (Å²) in [6.45, 7) is 0. The van der Waals surface area contributed by atoms with Crippen molar-refractivity contribution >= 4 is 34.7 Å². The topological polar surface area (TPSA) is 90.7 Å². The van der Waals surface area contributed by atoms with E-state index in [2.05, 4.69) is 20.6 Å². The maximum absolute atomic E-state index is 13.2. The van der Waals surface area contributed by atoms with Gasteiger partial charge in [0.1, 0.15) is 23.7 Å². The Morgan fingerprint density at radius 2 is 1.81 bits per heavy atom. The second-order valence-corrected chi connectivity index (χ2v) is 5.59. The third kappa shape index (κ3) is 4.12. The van der Waals surface area contributed by atoms with Gasteiger partial charge in [-0.3, -0.25) is 4.79 Å². The highest BCUT2D eigenvalue weighted by Gasteiger charge is 2.10. The molecule has 0 spiro atoms. The molecule has 0 fully saturated rings. The van der Waals surface area contributed by atoms with E-state index < -0.39 is 11.7 Å². The van der Waals surface area contributed by atoms with E-state index in [-0.39, 0.29) is 10.7 Å². The highest BCUT2D eigenvalue weighted by molar-refractivity contribution is 6.31. The van der Waals surface area contributed by atoms with E-state index in [0.717, 1.165) is 0 Å². The van der Waals surface area contributed by atoms with Crippen molar-refractivity contribution in [2.45, 2.75) is 0 Å². The van der Waals surface area contributed by atoms with Crippen molar-refractivity contribution in [3.8, 4) is 6.07 Å². The number of hydrogen-bond acceptors (Lipinski definition) is 5. The van der Waals surface area contributed by atoms with E-state index >= 15 is 0 Å². The molecular formula is C18H11ClFN5O. The Labute approximate surface area is 153 Å². The van der Waals surface area contributed by atoms with Crippen LogP contribution in [0.25, 0.3) is 0 Å². The number of carbonyl (C=O) groups excluding carboxylic acids is 1. The Balaban J connectivity index is 1.74. The van der Waals surface area contributed by atoms with Gasteiger partial charge in [0.05, 0.1) is 16.7 Å². The summed E-state index contributed by atoms with van der Waals surface area (Å²) in [5.74, 6) is -0.604. The minimum Gasteiger partial charge on any atom is -0.340 e. The van der Waals surface area contributed by atoms with E-state index in [1.54, 1.807) is 24.3 Å². The number of aromatic nitrogens is 2. The molecule has 3 rings (SSSR count). The molecule has 1 amide bonds. The molecule has 2 aromatic carbocycles. The Morgan fingerprint density at radius 1 is 1.08 bits per heavy atom. The maximum Gasteiger partial charge on any atom is 0.274 e. The molecule has 0 unspecified atom stereocenters. The highest BCUT2D eigenvalue weighted by atomic mass is 35.5. The van der Waals surface area contributed by atoms with Crippen LogP contribution in [-0.4, -0.2) is 15.9 Å². The van der Waals surface area contributed by atoms with Gasteiger partial charge in [-0.15, -0.1) is 0 Å². The Kier molecular flexibility index (Phi) is 5.06. The highest BCUT2D eigenvalue weighted by Crippen LogP contribution is 2.22. The van der Waals surface area contributed by atoms with Crippen LogP contribution in [-0.2, 0) is 0 Å². The van der Waals surface area contributed by atoms with E-state index in [1.807, 2.05) is 6.07 Å². The Bertz CT molecular complexity index is 1000. The fraction of sp³-hybridized carbons (Fsp3) is 0. The van der Waals surface area contributed by atoms with Crippen molar-refractivity contribution in [2.24, 2.45) is 0 Å². The fourth-order valence-corrected chi connectivity index (χ4v) is 2.28. The second kappa shape index (κ2) is 7.59. The number of nitrogens with zero attached hydrogens (tertiary/aromatic N) is 3. The average molecular weight is 368 g/mol. The molecule has 6 nitrogen and oxygen atoms in total. The molecule has 0 aliphatic heterocycles. The number of nitriles is 1. The van der Waals surface area contributed by atoms with Crippen molar-refractivity contribution in [2.75, 3.05) is 10.6 Å². The first-order valence-electron chi connectivity index (χ1n) is 7.41. The van der Waals surface area contributed by atoms with Crippen LogP contribution < -0.4 is 10.6 Å². The second-order valence-electron chi connectivity index (χ2n) is 5.19. The van der Waals surface area contributed by atoms with Crippen LogP contribution in [0.1, 0.15) is 16.1 Å². The van der Waals surface area contributed by atoms with Crippen LogP contribution in [0, 0.1) is 17.1 Å². The molecule has 26 heavy (non-hydrogen) atoms. The number of anilines is 3. The van der Waals surface area contributed by atoms with Crippen molar-refractivity contribution in [1.29, 1.82) is 5.26 Å². The van der Waals surface area contributed by atoms with Crippen molar-refractivity contribution < 1.29 is 9.18 Å². The summed E-state index contributed by atoms with van der Waals surface area (Å²) in [6.07, 6.45) is 1.24. The van der Waals surface area contributed by atoms with Gasteiger partial charge in [-0.25, -0.2) is 14.4 Å². The van der Waals surface area contributed by atoms with E-state index in [4.69, 9.17) is 16.9 Å². The summed E-state index contributed by atoms with van der Waals surface area (Å²) in [4.78, 5) is 20.3. The minimum atomic E-state index is -0.526. The van der Waals surface area contributed by atoms with Gasteiger partial charge in [0.15, 0.2) is 0 Å². The molecule has 1 heterocycles. The Morgan fingerprint density at radius 3 is 2.50 bits per heavy atom. The molecule has 0 saturated heterocycles. The number of rotatable bonds is 4. The molecule has 0 radical (unpaired) electrons. The molecule has 0 aliphatic rings. The Hall–Kier alpha value is -3.50. The zero-order chi connectivity index (χ0) is 18.5. The lowest BCUT2D eigenvalue weighted by atomic mass is 10.2. The molecule has 0 aliphatic carbocycles. The van der Waals surface area contributed by atoms with Gasteiger partial charge in [-0.2, -0.15) is 5.26 Å². The smallest absolute Gasteiger partial charge is 0.274 e. The number of amides is 1. The lowest BCUT2D eigenvalue weighted by Gasteiger charge is -2.08. The van der Waals surface area contributed by atoms with Crippen LogP contribution in [0.15, 0.2) is 54.9 Å². The van der Waals surface area contributed by atoms with Crippen LogP contribution in [0.5, 0.6) is 0 Å². The maximum atomic E-state index is 13.2.